The van der Waals surface area contributed by atoms with E-state index in [0.29, 0.717) is 5.92 Å². The molecule has 2 aliphatic rings. The monoisotopic (exact) mass is 197 g/mol. The smallest absolute Gasteiger partial charge is 0.00606 e. The quantitative estimate of drug-likeness (QED) is 0.628. The maximum Gasteiger partial charge on any atom is 0.00606 e. The van der Waals surface area contributed by atoms with Gasteiger partial charge in [-0.1, -0.05) is 36.8 Å². The Morgan fingerprint density at radius 2 is 2.13 bits per heavy atom. The summed E-state index contributed by atoms with van der Waals surface area (Å²) in [5, 5.41) is 0. The van der Waals surface area contributed by atoms with Crippen LogP contribution in [0.1, 0.15) is 49.7 Å². The first-order valence-corrected chi connectivity index (χ1v) is 6.07. The lowest BCUT2D eigenvalue weighted by atomic mass is 9.86. The van der Waals surface area contributed by atoms with Gasteiger partial charge >= 0.3 is 0 Å². The molecule has 1 radical (unpaired) electrons. The Kier molecular flexibility index (Phi) is 2.16. The third-order valence-electron chi connectivity index (χ3n) is 3.79. The van der Waals surface area contributed by atoms with Crippen LogP contribution in [0.2, 0.25) is 0 Å². The lowest BCUT2D eigenvalue weighted by Crippen LogP contribution is -2.00. The van der Waals surface area contributed by atoms with Gasteiger partial charge in [0.1, 0.15) is 0 Å². The van der Waals surface area contributed by atoms with E-state index < -0.39 is 0 Å². The molecule has 1 aromatic rings. The molecule has 2 aliphatic carbocycles. The second-order valence-electron chi connectivity index (χ2n) is 4.58. The zero-order valence-corrected chi connectivity index (χ0v) is 9.29. The molecular weight excluding hydrogens is 180 g/mol. The molecule has 3 rings (SSSR count). The SMILES string of the molecule is CCC1C2=C(CCC[CH]2)c2ccccc21. The Labute approximate surface area is 92.0 Å². The molecule has 0 saturated heterocycles. The summed E-state index contributed by atoms with van der Waals surface area (Å²) in [5.74, 6) is 0.691. The van der Waals surface area contributed by atoms with Crippen molar-refractivity contribution in [2.24, 2.45) is 0 Å². The number of rotatable bonds is 1. The van der Waals surface area contributed by atoms with Gasteiger partial charge in [-0.25, -0.2) is 0 Å². The molecule has 0 heteroatoms. The Morgan fingerprint density at radius 3 is 3.00 bits per heavy atom. The van der Waals surface area contributed by atoms with Crippen LogP contribution in [0.4, 0.5) is 0 Å². The maximum absolute atomic E-state index is 2.48. The number of allylic oxidation sites excluding steroid dienone is 2. The normalized spacial score (nSPS) is 23.9. The van der Waals surface area contributed by atoms with Crippen LogP contribution < -0.4 is 0 Å². The van der Waals surface area contributed by atoms with Crippen LogP contribution in [0, 0.1) is 6.42 Å². The first kappa shape index (κ1) is 9.21. The summed E-state index contributed by atoms with van der Waals surface area (Å²) in [6.45, 7) is 2.31. The summed E-state index contributed by atoms with van der Waals surface area (Å²) >= 11 is 0. The summed E-state index contributed by atoms with van der Waals surface area (Å²) in [6.07, 6.45) is 7.63. The topological polar surface area (TPSA) is 0 Å². The van der Waals surface area contributed by atoms with E-state index >= 15 is 0 Å². The fourth-order valence-electron chi connectivity index (χ4n) is 3.13. The van der Waals surface area contributed by atoms with Crippen molar-refractivity contribution in [3.05, 3.63) is 47.4 Å². The zero-order chi connectivity index (χ0) is 10.3. The standard InChI is InChI=1S/C15H17/c1-2-11-12-7-3-5-9-14(12)15-10-6-4-8-13(11)15/h3,5,7-9,11H,2,4,6,10H2,1H3. The number of benzene rings is 1. The van der Waals surface area contributed by atoms with Gasteiger partial charge in [0.2, 0.25) is 0 Å². The lowest BCUT2D eigenvalue weighted by molar-refractivity contribution is 0.733. The first-order chi connectivity index (χ1) is 7.42. The predicted molar refractivity (Wildman–Crippen MR) is 64.5 cm³/mol. The van der Waals surface area contributed by atoms with E-state index in [9.17, 15) is 0 Å². The average molecular weight is 197 g/mol. The van der Waals surface area contributed by atoms with Crippen molar-refractivity contribution in [1.29, 1.82) is 0 Å². The molecule has 0 aromatic heterocycles. The highest BCUT2D eigenvalue weighted by Crippen LogP contribution is 2.49. The number of hydrogen-bond acceptors (Lipinski definition) is 0. The van der Waals surface area contributed by atoms with Crippen molar-refractivity contribution in [2.75, 3.05) is 0 Å². The van der Waals surface area contributed by atoms with Crippen LogP contribution in [0.15, 0.2) is 29.8 Å². The minimum Gasteiger partial charge on any atom is -0.0645 e. The van der Waals surface area contributed by atoms with Gasteiger partial charge < -0.3 is 0 Å². The maximum atomic E-state index is 2.48. The zero-order valence-electron chi connectivity index (χ0n) is 9.29. The molecule has 0 N–H and O–H groups in total. The van der Waals surface area contributed by atoms with Gasteiger partial charge in [-0.15, -0.1) is 0 Å². The lowest BCUT2D eigenvalue weighted by Gasteiger charge is -2.18. The van der Waals surface area contributed by atoms with E-state index in [2.05, 4.69) is 37.6 Å². The highest BCUT2D eigenvalue weighted by molar-refractivity contribution is 5.80. The van der Waals surface area contributed by atoms with Crippen molar-refractivity contribution in [1.82, 2.24) is 0 Å². The molecule has 1 atom stereocenters. The van der Waals surface area contributed by atoms with Gasteiger partial charge in [0, 0.05) is 5.92 Å². The van der Waals surface area contributed by atoms with E-state index in [1.54, 1.807) is 16.7 Å². The highest BCUT2D eigenvalue weighted by Gasteiger charge is 2.30. The van der Waals surface area contributed by atoms with Crippen LogP contribution in [0.5, 0.6) is 0 Å². The van der Waals surface area contributed by atoms with Crippen LogP contribution in [-0.4, -0.2) is 0 Å². The molecule has 77 valence electrons. The summed E-state index contributed by atoms with van der Waals surface area (Å²) in [5.41, 5.74) is 6.40. The molecule has 15 heavy (non-hydrogen) atoms. The minimum atomic E-state index is 0.691. The Balaban J connectivity index is 2.15. The van der Waals surface area contributed by atoms with Gasteiger partial charge in [0.05, 0.1) is 0 Å². The minimum absolute atomic E-state index is 0.691. The third-order valence-corrected chi connectivity index (χ3v) is 3.79. The molecule has 0 spiro atoms. The summed E-state index contributed by atoms with van der Waals surface area (Å²) in [4.78, 5) is 0. The molecule has 0 heterocycles. The predicted octanol–water partition coefficient (Wildman–Crippen LogP) is 4.34. The molecular formula is C15H17. The Bertz CT molecular complexity index is 412. The van der Waals surface area contributed by atoms with Crippen LogP contribution in [0.25, 0.3) is 5.57 Å². The average Bonchev–Trinajstić information content (AvgIpc) is 2.63. The Hall–Kier alpha value is -1.04. The Morgan fingerprint density at radius 1 is 1.27 bits per heavy atom. The van der Waals surface area contributed by atoms with Crippen molar-refractivity contribution >= 4 is 5.57 Å². The molecule has 0 amide bonds. The van der Waals surface area contributed by atoms with Crippen LogP contribution in [0.3, 0.4) is 0 Å². The van der Waals surface area contributed by atoms with Gasteiger partial charge in [-0.05, 0) is 48.8 Å². The molecule has 0 fully saturated rings. The van der Waals surface area contributed by atoms with E-state index in [1.165, 1.54) is 31.2 Å². The van der Waals surface area contributed by atoms with Crippen molar-refractivity contribution in [3.8, 4) is 0 Å². The summed E-state index contributed by atoms with van der Waals surface area (Å²) in [7, 11) is 0. The summed E-state index contributed by atoms with van der Waals surface area (Å²) < 4.78 is 0. The number of hydrogen-bond donors (Lipinski definition) is 0. The van der Waals surface area contributed by atoms with Crippen molar-refractivity contribution < 1.29 is 0 Å². The fourth-order valence-corrected chi connectivity index (χ4v) is 3.13. The second-order valence-corrected chi connectivity index (χ2v) is 4.58. The molecule has 0 aliphatic heterocycles. The van der Waals surface area contributed by atoms with Gasteiger partial charge in [-0.3, -0.25) is 0 Å². The highest BCUT2D eigenvalue weighted by atomic mass is 14.3. The first-order valence-electron chi connectivity index (χ1n) is 6.07. The molecule has 0 bridgehead atoms. The van der Waals surface area contributed by atoms with Crippen LogP contribution >= 0.6 is 0 Å². The van der Waals surface area contributed by atoms with E-state index in [4.69, 9.17) is 0 Å². The van der Waals surface area contributed by atoms with E-state index in [0.717, 1.165) is 0 Å². The van der Waals surface area contributed by atoms with E-state index in [1.807, 2.05) is 0 Å². The summed E-state index contributed by atoms with van der Waals surface area (Å²) in [6, 6.07) is 8.98. The van der Waals surface area contributed by atoms with Gasteiger partial charge in [-0.2, -0.15) is 0 Å². The molecule has 0 nitrogen and oxygen atoms in total. The number of fused-ring (bicyclic) bond motifs is 2. The van der Waals surface area contributed by atoms with E-state index in [-0.39, 0.29) is 0 Å². The fraction of sp³-hybridized carbons (Fsp3) is 0.400. The van der Waals surface area contributed by atoms with Gasteiger partial charge in [0.15, 0.2) is 0 Å². The second kappa shape index (κ2) is 3.52. The van der Waals surface area contributed by atoms with Crippen LogP contribution in [-0.2, 0) is 0 Å². The molecule has 1 unspecified atom stereocenters. The van der Waals surface area contributed by atoms with Gasteiger partial charge in [0.25, 0.3) is 0 Å². The molecule has 1 aromatic carbocycles. The third kappa shape index (κ3) is 1.27. The largest absolute Gasteiger partial charge is 0.0645 e. The van der Waals surface area contributed by atoms with Crippen molar-refractivity contribution in [2.45, 2.75) is 38.5 Å². The molecule has 0 saturated carbocycles. The van der Waals surface area contributed by atoms with Crippen molar-refractivity contribution in [3.63, 3.8) is 0 Å².